The number of rotatable bonds is 6. The van der Waals surface area contributed by atoms with Crippen LogP contribution in [0, 0.1) is 20.8 Å². The van der Waals surface area contributed by atoms with Crippen LogP contribution in [-0.4, -0.2) is 24.6 Å². The van der Waals surface area contributed by atoms with E-state index in [0.29, 0.717) is 28.1 Å². The number of hydrogen-bond acceptors (Lipinski definition) is 6. The van der Waals surface area contributed by atoms with Crippen LogP contribution in [0.2, 0.25) is 5.02 Å². The Labute approximate surface area is 222 Å². The summed E-state index contributed by atoms with van der Waals surface area (Å²) in [6.45, 7) is 9.15. The van der Waals surface area contributed by atoms with Crippen LogP contribution in [0.4, 0.5) is 0 Å². The van der Waals surface area contributed by atoms with E-state index in [-0.39, 0.29) is 22.5 Å². The van der Waals surface area contributed by atoms with E-state index in [4.69, 9.17) is 16.3 Å². The predicted molar refractivity (Wildman–Crippen MR) is 144 cm³/mol. The zero-order valence-corrected chi connectivity index (χ0v) is 23.0. The molecule has 0 unspecified atom stereocenters. The van der Waals surface area contributed by atoms with Gasteiger partial charge in [0.05, 0.1) is 16.4 Å². The lowest BCUT2D eigenvalue weighted by Crippen LogP contribution is -2.24. The first-order chi connectivity index (χ1) is 17.0. The minimum atomic E-state index is -1.20. The summed E-state index contributed by atoms with van der Waals surface area (Å²) in [6.07, 6.45) is 1.67. The van der Waals surface area contributed by atoms with Crippen molar-refractivity contribution in [2.75, 3.05) is 0 Å². The molecule has 0 aliphatic carbocycles. The minimum absolute atomic E-state index is 0.199. The Balaban J connectivity index is 1.75. The van der Waals surface area contributed by atoms with Gasteiger partial charge in [-0.3, -0.25) is 9.36 Å². The fourth-order valence-electron chi connectivity index (χ4n) is 3.78. The molecule has 0 aliphatic heterocycles. The molecule has 9 heteroatoms. The second-order valence-corrected chi connectivity index (χ2v) is 10.3. The Morgan fingerprint density at radius 3 is 2.56 bits per heavy atom. The Hall–Kier alpha value is -3.07. The van der Waals surface area contributed by atoms with Crippen LogP contribution < -0.4 is 10.3 Å². The molecular formula is C27H26BrClN4O3. The molecular weight excluding hydrogens is 544 g/mol. The van der Waals surface area contributed by atoms with Gasteiger partial charge in [0.2, 0.25) is 5.88 Å². The van der Waals surface area contributed by atoms with E-state index in [2.05, 4.69) is 30.9 Å². The lowest BCUT2D eigenvalue weighted by molar-refractivity contribution is 0.0688. The largest absolute Gasteiger partial charge is 0.472 e. The van der Waals surface area contributed by atoms with Crippen LogP contribution in [0.15, 0.2) is 57.9 Å². The van der Waals surface area contributed by atoms with Gasteiger partial charge in [-0.15, -0.1) is 0 Å². The first kappa shape index (κ1) is 26.0. The molecule has 0 aliphatic rings. The first-order valence-electron chi connectivity index (χ1n) is 11.3. The topological polar surface area (TPSA) is 90.1 Å². The van der Waals surface area contributed by atoms with Crippen molar-refractivity contribution in [3.05, 3.63) is 96.8 Å². The number of hydrogen-bond donors (Lipinski definition) is 1. The predicted octanol–water partition coefficient (Wildman–Crippen LogP) is 5.84. The van der Waals surface area contributed by atoms with Gasteiger partial charge in [0.1, 0.15) is 22.5 Å². The van der Waals surface area contributed by atoms with Gasteiger partial charge in [-0.2, -0.15) is 4.98 Å². The van der Waals surface area contributed by atoms with Crippen LogP contribution in [0.3, 0.4) is 0 Å². The molecule has 4 rings (SSSR count). The quantitative estimate of drug-likeness (QED) is 0.314. The highest BCUT2D eigenvalue weighted by Gasteiger charge is 2.22. The standard InChI is InChI=1S/C27H26BrClN4O3/c1-15-7-6-8-18(11-15)14-36-24-22(28)25(34)33(17(3)31-24)21-12-19(9-10-20(21)29)23-16(2)13-30-26(32-23)27(4,5)35/h6-13,35H,14H2,1-5H3. The smallest absolute Gasteiger partial charge is 0.276 e. The Kier molecular flexibility index (Phi) is 7.31. The molecule has 2 aromatic carbocycles. The van der Waals surface area contributed by atoms with E-state index in [0.717, 1.165) is 22.3 Å². The second-order valence-electron chi connectivity index (χ2n) is 9.15. The van der Waals surface area contributed by atoms with Gasteiger partial charge in [0, 0.05) is 11.8 Å². The van der Waals surface area contributed by atoms with Gasteiger partial charge in [-0.1, -0.05) is 47.5 Å². The maximum Gasteiger partial charge on any atom is 0.276 e. The summed E-state index contributed by atoms with van der Waals surface area (Å²) < 4.78 is 7.50. The van der Waals surface area contributed by atoms with Crippen LogP contribution in [0.5, 0.6) is 5.88 Å². The molecule has 2 aromatic heterocycles. The highest BCUT2D eigenvalue weighted by atomic mass is 79.9. The second kappa shape index (κ2) is 10.1. The molecule has 0 saturated carbocycles. The number of benzene rings is 2. The van der Waals surface area contributed by atoms with Crippen LogP contribution in [0.25, 0.3) is 16.9 Å². The van der Waals surface area contributed by atoms with Crippen molar-refractivity contribution >= 4 is 27.5 Å². The zero-order chi connectivity index (χ0) is 26.2. The summed E-state index contributed by atoms with van der Waals surface area (Å²) in [5.41, 5.74) is 3.19. The minimum Gasteiger partial charge on any atom is -0.472 e. The molecule has 7 nitrogen and oxygen atoms in total. The highest BCUT2D eigenvalue weighted by molar-refractivity contribution is 9.10. The maximum atomic E-state index is 13.4. The molecule has 0 bridgehead atoms. The number of ether oxygens (including phenoxy) is 1. The maximum absolute atomic E-state index is 13.4. The van der Waals surface area contributed by atoms with Crippen molar-refractivity contribution in [1.29, 1.82) is 0 Å². The Bertz CT molecular complexity index is 1510. The SMILES string of the molecule is Cc1cccc(COc2nc(C)n(-c3cc(-c4nc(C(C)(C)O)ncc4C)ccc3Cl)c(=O)c2Br)c1. The molecule has 0 radical (unpaired) electrons. The molecule has 1 N–H and O–H groups in total. The summed E-state index contributed by atoms with van der Waals surface area (Å²) in [7, 11) is 0. The van der Waals surface area contributed by atoms with Crippen molar-refractivity contribution in [2.45, 2.75) is 46.8 Å². The van der Waals surface area contributed by atoms with Gasteiger partial charge in [0.25, 0.3) is 5.56 Å². The third kappa shape index (κ3) is 5.36. The molecule has 4 aromatic rings. The van der Waals surface area contributed by atoms with E-state index in [1.165, 1.54) is 4.57 Å². The molecule has 0 amide bonds. The first-order valence-corrected chi connectivity index (χ1v) is 12.5. The summed E-state index contributed by atoms with van der Waals surface area (Å²) in [5.74, 6) is 0.926. The average molecular weight is 570 g/mol. The average Bonchev–Trinajstić information content (AvgIpc) is 2.81. The number of aryl methyl sites for hydroxylation is 3. The number of aromatic nitrogens is 4. The summed E-state index contributed by atoms with van der Waals surface area (Å²) in [5, 5.41) is 10.7. The summed E-state index contributed by atoms with van der Waals surface area (Å²) in [4.78, 5) is 26.8. The molecule has 0 fully saturated rings. The fraction of sp³-hybridized carbons (Fsp3) is 0.259. The van der Waals surface area contributed by atoms with Crippen molar-refractivity contribution in [3.8, 4) is 22.8 Å². The van der Waals surface area contributed by atoms with E-state index in [9.17, 15) is 9.90 Å². The van der Waals surface area contributed by atoms with Gasteiger partial charge in [0.15, 0.2) is 5.82 Å². The summed E-state index contributed by atoms with van der Waals surface area (Å²) in [6, 6.07) is 13.2. The fourth-order valence-corrected chi connectivity index (χ4v) is 4.36. The van der Waals surface area contributed by atoms with Crippen molar-refractivity contribution in [3.63, 3.8) is 0 Å². The van der Waals surface area contributed by atoms with Crippen molar-refractivity contribution in [1.82, 2.24) is 19.5 Å². The van der Waals surface area contributed by atoms with Crippen molar-refractivity contribution < 1.29 is 9.84 Å². The molecule has 186 valence electrons. The molecule has 0 saturated heterocycles. The Morgan fingerprint density at radius 2 is 1.86 bits per heavy atom. The van der Waals surface area contributed by atoms with Gasteiger partial charge >= 0.3 is 0 Å². The number of halogens is 2. The lowest BCUT2D eigenvalue weighted by atomic mass is 10.0. The normalized spacial score (nSPS) is 11.6. The Morgan fingerprint density at radius 1 is 1.11 bits per heavy atom. The van der Waals surface area contributed by atoms with E-state index in [1.807, 2.05) is 44.2 Å². The van der Waals surface area contributed by atoms with Crippen molar-refractivity contribution in [2.24, 2.45) is 0 Å². The molecule has 0 spiro atoms. The van der Waals surface area contributed by atoms with Gasteiger partial charge < -0.3 is 9.84 Å². The highest BCUT2D eigenvalue weighted by Crippen LogP contribution is 2.31. The van der Waals surface area contributed by atoms with E-state index < -0.39 is 5.60 Å². The van der Waals surface area contributed by atoms with Crippen LogP contribution in [0.1, 0.15) is 42.2 Å². The molecule has 36 heavy (non-hydrogen) atoms. The van der Waals surface area contributed by atoms with Crippen LogP contribution >= 0.6 is 27.5 Å². The third-order valence-electron chi connectivity index (χ3n) is 5.60. The number of aliphatic hydroxyl groups is 1. The third-order valence-corrected chi connectivity index (χ3v) is 6.60. The molecule has 0 atom stereocenters. The molecule has 2 heterocycles. The summed E-state index contributed by atoms with van der Waals surface area (Å²) >= 11 is 9.92. The monoisotopic (exact) mass is 568 g/mol. The van der Waals surface area contributed by atoms with E-state index in [1.54, 1.807) is 39.1 Å². The van der Waals surface area contributed by atoms with Crippen LogP contribution in [-0.2, 0) is 12.2 Å². The number of nitrogens with zero attached hydrogens (tertiary/aromatic N) is 4. The van der Waals surface area contributed by atoms with E-state index >= 15 is 0 Å². The zero-order valence-electron chi connectivity index (χ0n) is 20.6. The van der Waals surface area contributed by atoms with Gasteiger partial charge in [-0.25, -0.2) is 9.97 Å². The van der Waals surface area contributed by atoms with Gasteiger partial charge in [-0.05, 0) is 73.8 Å². The lowest BCUT2D eigenvalue weighted by Gasteiger charge is -2.18.